The maximum atomic E-state index is 12.8. The summed E-state index contributed by atoms with van der Waals surface area (Å²) in [5, 5.41) is 10.9. The monoisotopic (exact) mass is 311 g/mol. The first-order valence-electron chi connectivity index (χ1n) is 5.90. The number of halogens is 1. The number of hydrogen-bond acceptors (Lipinski definition) is 6. The van der Waals surface area contributed by atoms with Gasteiger partial charge in [0, 0.05) is 6.07 Å². The molecule has 1 aromatic carbocycles. The van der Waals surface area contributed by atoms with Crippen LogP contribution in [0.1, 0.15) is 16.6 Å². The normalized spacial score (nSPS) is 10.2. The zero-order chi connectivity index (χ0) is 15.4. The van der Waals surface area contributed by atoms with Gasteiger partial charge >= 0.3 is 11.7 Å². The lowest BCUT2D eigenvalue weighted by atomic mass is 10.3. The molecule has 0 N–H and O–H groups in total. The SMILES string of the molecule is CCOC(=O)c1cc([N+](=O)[O-])c(Oc2ccc(F)cc2)s1. The van der Waals surface area contributed by atoms with Crippen molar-refractivity contribution >= 4 is 23.0 Å². The zero-order valence-corrected chi connectivity index (χ0v) is 11.7. The minimum Gasteiger partial charge on any atom is -0.462 e. The minimum absolute atomic E-state index is 0.0605. The van der Waals surface area contributed by atoms with Crippen LogP contribution in [-0.2, 0) is 4.74 Å². The highest BCUT2D eigenvalue weighted by Gasteiger charge is 2.25. The van der Waals surface area contributed by atoms with E-state index in [-0.39, 0.29) is 28.0 Å². The molecule has 2 aromatic rings. The van der Waals surface area contributed by atoms with Crippen LogP contribution >= 0.6 is 11.3 Å². The summed E-state index contributed by atoms with van der Waals surface area (Å²) in [5.74, 6) is -0.869. The van der Waals surface area contributed by atoms with Gasteiger partial charge in [0.2, 0.25) is 0 Å². The zero-order valence-electron chi connectivity index (χ0n) is 10.9. The Bertz CT molecular complexity index is 668. The maximum Gasteiger partial charge on any atom is 0.348 e. The number of rotatable bonds is 5. The second-order valence-electron chi connectivity index (χ2n) is 3.82. The van der Waals surface area contributed by atoms with Crippen LogP contribution in [0.4, 0.5) is 10.1 Å². The van der Waals surface area contributed by atoms with Crippen LogP contribution < -0.4 is 4.74 Å². The molecule has 1 aromatic heterocycles. The number of nitro groups is 1. The van der Waals surface area contributed by atoms with Gasteiger partial charge in [-0.3, -0.25) is 10.1 Å². The van der Waals surface area contributed by atoms with E-state index in [1.54, 1.807) is 6.92 Å². The number of esters is 1. The first kappa shape index (κ1) is 14.9. The van der Waals surface area contributed by atoms with Crippen LogP contribution in [0.25, 0.3) is 0 Å². The molecule has 0 saturated carbocycles. The van der Waals surface area contributed by atoms with Gasteiger partial charge in [-0.2, -0.15) is 0 Å². The molecule has 0 spiro atoms. The van der Waals surface area contributed by atoms with E-state index in [9.17, 15) is 19.3 Å². The third kappa shape index (κ3) is 3.54. The molecule has 0 aliphatic rings. The molecule has 110 valence electrons. The fraction of sp³-hybridized carbons (Fsp3) is 0.154. The van der Waals surface area contributed by atoms with E-state index >= 15 is 0 Å². The quantitative estimate of drug-likeness (QED) is 0.477. The number of benzene rings is 1. The molecular weight excluding hydrogens is 301 g/mol. The maximum absolute atomic E-state index is 12.8. The highest BCUT2D eigenvalue weighted by molar-refractivity contribution is 7.16. The van der Waals surface area contributed by atoms with E-state index in [4.69, 9.17) is 9.47 Å². The first-order chi connectivity index (χ1) is 10.0. The van der Waals surface area contributed by atoms with Crippen molar-refractivity contribution in [2.45, 2.75) is 6.92 Å². The summed E-state index contributed by atoms with van der Waals surface area (Å²) < 4.78 is 22.9. The molecular formula is C13H10FNO5S. The number of carbonyl (C=O) groups is 1. The fourth-order valence-electron chi connectivity index (χ4n) is 1.48. The summed E-state index contributed by atoms with van der Waals surface area (Å²) in [7, 11) is 0. The van der Waals surface area contributed by atoms with Crippen molar-refractivity contribution in [2.75, 3.05) is 6.61 Å². The Balaban J connectivity index is 2.30. The summed E-state index contributed by atoms with van der Waals surface area (Å²) in [6.45, 7) is 1.80. The van der Waals surface area contributed by atoms with Crippen LogP contribution in [0.15, 0.2) is 30.3 Å². The van der Waals surface area contributed by atoms with E-state index in [0.29, 0.717) is 0 Å². The Morgan fingerprint density at radius 1 is 1.38 bits per heavy atom. The van der Waals surface area contributed by atoms with E-state index in [1.165, 1.54) is 24.3 Å². The topological polar surface area (TPSA) is 78.7 Å². The van der Waals surface area contributed by atoms with Crippen molar-refractivity contribution in [1.29, 1.82) is 0 Å². The van der Waals surface area contributed by atoms with Crippen molar-refractivity contribution in [1.82, 2.24) is 0 Å². The van der Waals surface area contributed by atoms with Gasteiger partial charge in [0.25, 0.3) is 5.06 Å². The summed E-state index contributed by atoms with van der Waals surface area (Å²) >= 11 is 0.803. The average Bonchev–Trinajstić information content (AvgIpc) is 2.86. The van der Waals surface area contributed by atoms with Crippen LogP contribution in [0.2, 0.25) is 0 Å². The van der Waals surface area contributed by atoms with Gasteiger partial charge in [-0.15, -0.1) is 0 Å². The van der Waals surface area contributed by atoms with Crippen molar-refractivity contribution in [3.8, 4) is 10.8 Å². The van der Waals surface area contributed by atoms with Gasteiger partial charge in [0.1, 0.15) is 16.4 Å². The molecule has 0 amide bonds. The Kier molecular flexibility index (Phi) is 4.49. The summed E-state index contributed by atoms with van der Waals surface area (Å²) in [5.41, 5.74) is -0.340. The van der Waals surface area contributed by atoms with E-state index in [0.717, 1.165) is 17.4 Å². The third-order valence-electron chi connectivity index (χ3n) is 2.38. The van der Waals surface area contributed by atoms with Crippen LogP contribution in [0.5, 0.6) is 10.8 Å². The van der Waals surface area contributed by atoms with Crippen molar-refractivity contribution in [2.24, 2.45) is 0 Å². The number of hydrogen-bond donors (Lipinski definition) is 0. The average molecular weight is 311 g/mol. The largest absolute Gasteiger partial charge is 0.462 e. The summed E-state index contributed by atoms with van der Waals surface area (Å²) in [6.07, 6.45) is 0. The molecule has 21 heavy (non-hydrogen) atoms. The van der Waals surface area contributed by atoms with Gasteiger partial charge in [-0.25, -0.2) is 9.18 Å². The molecule has 1 heterocycles. The van der Waals surface area contributed by atoms with Gasteiger partial charge < -0.3 is 9.47 Å². The molecule has 0 aliphatic heterocycles. The Morgan fingerprint density at radius 3 is 2.62 bits per heavy atom. The van der Waals surface area contributed by atoms with E-state index in [2.05, 4.69) is 0 Å². The third-order valence-corrected chi connectivity index (χ3v) is 3.36. The number of nitrogens with zero attached hydrogens (tertiary/aromatic N) is 1. The smallest absolute Gasteiger partial charge is 0.348 e. The lowest BCUT2D eigenvalue weighted by Crippen LogP contribution is -2.01. The van der Waals surface area contributed by atoms with Crippen molar-refractivity contribution < 1.29 is 23.6 Å². The van der Waals surface area contributed by atoms with E-state index in [1.807, 2.05) is 0 Å². The van der Waals surface area contributed by atoms with Crippen LogP contribution in [0, 0.1) is 15.9 Å². The minimum atomic E-state index is -0.655. The second kappa shape index (κ2) is 6.31. The van der Waals surface area contributed by atoms with Crippen LogP contribution in [-0.4, -0.2) is 17.5 Å². The van der Waals surface area contributed by atoms with Crippen LogP contribution in [0.3, 0.4) is 0 Å². The van der Waals surface area contributed by atoms with E-state index < -0.39 is 16.7 Å². The fourth-order valence-corrected chi connectivity index (χ4v) is 2.37. The first-order valence-corrected chi connectivity index (χ1v) is 6.71. The Hall–Kier alpha value is -2.48. The molecule has 0 bridgehead atoms. The molecule has 0 unspecified atom stereocenters. The van der Waals surface area contributed by atoms with Crippen molar-refractivity contribution in [3.05, 3.63) is 51.1 Å². The highest BCUT2D eigenvalue weighted by atomic mass is 32.1. The van der Waals surface area contributed by atoms with Gasteiger partial charge in [0.05, 0.1) is 11.5 Å². The van der Waals surface area contributed by atoms with Gasteiger partial charge in [-0.1, -0.05) is 11.3 Å². The summed E-state index contributed by atoms with van der Waals surface area (Å²) in [6, 6.07) is 6.11. The lowest BCUT2D eigenvalue weighted by molar-refractivity contribution is -0.385. The molecule has 0 atom stereocenters. The predicted molar refractivity (Wildman–Crippen MR) is 73.4 cm³/mol. The Morgan fingerprint density at radius 2 is 2.05 bits per heavy atom. The van der Waals surface area contributed by atoms with Crippen molar-refractivity contribution in [3.63, 3.8) is 0 Å². The lowest BCUT2D eigenvalue weighted by Gasteiger charge is -2.02. The molecule has 0 aliphatic carbocycles. The van der Waals surface area contributed by atoms with Gasteiger partial charge in [-0.05, 0) is 31.2 Å². The predicted octanol–water partition coefficient (Wildman–Crippen LogP) is 3.76. The number of carbonyl (C=O) groups excluding carboxylic acids is 1. The van der Waals surface area contributed by atoms with Gasteiger partial charge in [0.15, 0.2) is 0 Å². The molecule has 0 radical (unpaired) electrons. The number of thiophene rings is 1. The highest BCUT2D eigenvalue weighted by Crippen LogP contribution is 2.40. The molecule has 0 fully saturated rings. The Labute approximate surface area is 122 Å². The molecule has 2 rings (SSSR count). The number of ether oxygens (including phenoxy) is 2. The summed E-state index contributed by atoms with van der Waals surface area (Å²) in [4.78, 5) is 22.0. The molecule has 0 saturated heterocycles. The second-order valence-corrected chi connectivity index (χ2v) is 4.83. The standard InChI is InChI=1S/C13H10FNO5S/c1-2-19-12(16)11-7-10(15(17)18)13(21-11)20-9-5-3-8(14)4-6-9/h3-7H,2H2,1H3. The molecule has 6 nitrogen and oxygen atoms in total. The molecule has 8 heteroatoms.